The zero-order valence-corrected chi connectivity index (χ0v) is 12.4. The van der Waals surface area contributed by atoms with Gasteiger partial charge in [-0.25, -0.2) is 8.78 Å². The van der Waals surface area contributed by atoms with Crippen molar-refractivity contribution in [3.05, 3.63) is 41.2 Å². The van der Waals surface area contributed by atoms with Crippen molar-refractivity contribution in [1.29, 1.82) is 0 Å². The van der Waals surface area contributed by atoms with Gasteiger partial charge in [0.05, 0.1) is 6.10 Å². The molecule has 0 saturated heterocycles. The van der Waals surface area contributed by atoms with Crippen molar-refractivity contribution in [1.82, 2.24) is 14.8 Å². The van der Waals surface area contributed by atoms with Gasteiger partial charge in [-0.15, -0.1) is 10.2 Å². The molecular formula is C14H15F2N3O2S. The molecule has 1 aromatic heterocycles. The molecule has 1 saturated carbocycles. The highest BCUT2D eigenvalue weighted by molar-refractivity contribution is 7.99. The van der Waals surface area contributed by atoms with Crippen LogP contribution in [-0.4, -0.2) is 30.7 Å². The van der Waals surface area contributed by atoms with E-state index in [0.29, 0.717) is 22.6 Å². The molecule has 1 fully saturated rings. The first-order valence-electron chi connectivity index (χ1n) is 6.90. The lowest BCUT2D eigenvalue weighted by molar-refractivity contribution is 0.203. The van der Waals surface area contributed by atoms with Crippen LogP contribution in [0.25, 0.3) is 0 Å². The summed E-state index contributed by atoms with van der Waals surface area (Å²) in [5.41, 5.74) is 0.311. The van der Waals surface area contributed by atoms with Crippen LogP contribution in [0.3, 0.4) is 0 Å². The minimum absolute atomic E-state index is 0.185. The molecule has 1 aromatic carbocycles. The summed E-state index contributed by atoms with van der Waals surface area (Å²) in [4.78, 5) is 0. The monoisotopic (exact) mass is 327 g/mol. The first-order valence-corrected chi connectivity index (χ1v) is 7.89. The Hall–Kier alpha value is -1.51. The molecule has 1 aliphatic carbocycles. The first kappa shape index (κ1) is 15.4. The highest BCUT2D eigenvalue weighted by Crippen LogP contribution is 2.39. The van der Waals surface area contributed by atoms with Crippen molar-refractivity contribution in [3.63, 3.8) is 0 Å². The van der Waals surface area contributed by atoms with Crippen molar-refractivity contribution >= 4 is 11.8 Å². The lowest BCUT2D eigenvalue weighted by Gasteiger charge is -2.12. The van der Waals surface area contributed by atoms with Crippen LogP contribution in [0.1, 0.15) is 36.4 Å². The minimum atomic E-state index is -0.981. The number of rotatable bonds is 6. The number of aliphatic hydroxyl groups excluding tert-OH is 2. The minimum Gasteiger partial charge on any atom is -0.388 e. The van der Waals surface area contributed by atoms with Crippen LogP contribution in [0.4, 0.5) is 8.78 Å². The molecule has 0 bridgehead atoms. The van der Waals surface area contributed by atoms with E-state index in [1.54, 1.807) is 0 Å². The maximum Gasteiger partial charge on any atom is 0.191 e. The molecule has 8 heteroatoms. The fourth-order valence-corrected chi connectivity index (χ4v) is 3.17. The topological polar surface area (TPSA) is 71.2 Å². The number of hydrogen-bond donors (Lipinski definition) is 2. The predicted molar refractivity (Wildman–Crippen MR) is 76.3 cm³/mol. The number of hydrogen-bond acceptors (Lipinski definition) is 5. The third-order valence-electron chi connectivity index (χ3n) is 3.49. The van der Waals surface area contributed by atoms with Crippen LogP contribution in [0.5, 0.6) is 0 Å². The SMILES string of the molecule is OCc1nnc(SCC(O)c2ccc(F)c(F)c2)n1C1CC1. The van der Waals surface area contributed by atoms with Crippen molar-refractivity contribution in [2.24, 2.45) is 0 Å². The Kier molecular flexibility index (Phi) is 4.42. The third kappa shape index (κ3) is 3.13. The maximum absolute atomic E-state index is 13.2. The Morgan fingerprint density at radius 3 is 2.68 bits per heavy atom. The van der Waals surface area contributed by atoms with E-state index in [1.165, 1.54) is 17.8 Å². The quantitative estimate of drug-likeness (QED) is 0.796. The fraction of sp³-hybridized carbons (Fsp3) is 0.429. The van der Waals surface area contributed by atoms with Gasteiger partial charge < -0.3 is 14.8 Å². The summed E-state index contributed by atoms with van der Waals surface area (Å²) in [6.07, 6.45) is 1.09. The number of nitrogens with zero attached hydrogens (tertiary/aromatic N) is 3. The molecule has 3 rings (SSSR count). The molecule has 1 heterocycles. The lowest BCUT2D eigenvalue weighted by Crippen LogP contribution is -2.06. The Labute approximate surface area is 130 Å². The van der Waals surface area contributed by atoms with Gasteiger partial charge in [0, 0.05) is 11.8 Å². The largest absolute Gasteiger partial charge is 0.388 e. The highest BCUT2D eigenvalue weighted by atomic mass is 32.2. The van der Waals surface area contributed by atoms with E-state index in [2.05, 4.69) is 10.2 Å². The molecule has 22 heavy (non-hydrogen) atoms. The lowest BCUT2D eigenvalue weighted by atomic mass is 10.1. The Balaban J connectivity index is 1.69. The highest BCUT2D eigenvalue weighted by Gasteiger charge is 2.29. The van der Waals surface area contributed by atoms with E-state index in [-0.39, 0.29) is 12.4 Å². The molecule has 2 N–H and O–H groups in total. The number of benzene rings is 1. The summed E-state index contributed by atoms with van der Waals surface area (Å²) >= 11 is 1.28. The second-order valence-electron chi connectivity index (χ2n) is 5.16. The molecule has 1 atom stereocenters. The van der Waals surface area contributed by atoms with Crippen molar-refractivity contribution in [2.75, 3.05) is 5.75 Å². The van der Waals surface area contributed by atoms with E-state index in [4.69, 9.17) is 0 Å². The number of halogens is 2. The van der Waals surface area contributed by atoms with Crippen LogP contribution in [0, 0.1) is 11.6 Å². The van der Waals surface area contributed by atoms with Crippen LogP contribution < -0.4 is 0 Å². The summed E-state index contributed by atoms with van der Waals surface area (Å²) in [6.45, 7) is -0.185. The van der Waals surface area contributed by atoms with Gasteiger partial charge in [0.1, 0.15) is 6.61 Å². The number of thioether (sulfide) groups is 1. The Bertz CT molecular complexity index is 676. The second kappa shape index (κ2) is 6.31. The van der Waals surface area contributed by atoms with E-state index in [1.807, 2.05) is 4.57 Å². The molecule has 0 spiro atoms. The maximum atomic E-state index is 13.2. The zero-order chi connectivity index (χ0) is 15.7. The first-order chi connectivity index (χ1) is 10.6. The van der Waals surface area contributed by atoms with Crippen molar-refractivity contribution in [2.45, 2.75) is 36.8 Å². The van der Waals surface area contributed by atoms with Crippen LogP contribution >= 0.6 is 11.8 Å². The second-order valence-corrected chi connectivity index (χ2v) is 6.15. The summed E-state index contributed by atoms with van der Waals surface area (Å²) < 4.78 is 28.0. The van der Waals surface area contributed by atoms with E-state index in [0.717, 1.165) is 25.0 Å². The average molecular weight is 327 g/mol. The number of aromatic nitrogens is 3. The zero-order valence-electron chi connectivity index (χ0n) is 11.6. The van der Waals surface area contributed by atoms with Gasteiger partial charge in [-0.05, 0) is 30.5 Å². The molecule has 118 valence electrons. The van der Waals surface area contributed by atoms with Crippen LogP contribution in [0.2, 0.25) is 0 Å². The molecule has 1 aliphatic rings. The van der Waals surface area contributed by atoms with Gasteiger partial charge in [-0.1, -0.05) is 17.8 Å². The molecule has 5 nitrogen and oxygen atoms in total. The molecule has 0 amide bonds. The molecule has 2 aromatic rings. The van der Waals surface area contributed by atoms with Gasteiger partial charge >= 0.3 is 0 Å². The van der Waals surface area contributed by atoms with Gasteiger partial charge in [-0.3, -0.25) is 0 Å². The van der Waals surface area contributed by atoms with Gasteiger partial charge in [0.15, 0.2) is 22.6 Å². The molecule has 0 aliphatic heterocycles. The van der Waals surface area contributed by atoms with Gasteiger partial charge in [0.25, 0.3) is 0 Å². The Morgan fingerprint density at radius 1 is 1.27 bits per heavy atom. The third-order valence-corrected chi connectivity index (χ3v) is 4.51. The van der Waals surface area contributed by atoms with E-state index in [9.17, 15) is 19.0 Å². The number of aliphatic hydroxyl groups is 2. The average Bonchev–Trinajstić information content (AvgIpc) is 3.27. The molecule has 0 radical (unpaired) electrons. The summed E-state index contributed by atoms with van der Waals surface area (Å²) in [7, 11) is 0. The van der Waals surface area contributed by atoms with Crippen molar-refractivity contribution < 1.29 is 19.0 Å². The molecule has 1 unspecified atom stereocenters. The predicted octanol–water partition coefficient (Wildman–Crippen LogP) is 2.21. The fourth-order valence-electron chi connectivity index (χ4n) is 2.18. The van der Waals surface area contributed by atoms with E-state index < -0.39 is 17.7 Å². The molecular weight excluding hydrogens is 312 g/mol. The normalized spacial score (nSPS) is 16.0. The summed E-state index contributed by atoms with van der Waals surface area (Å²) in [5.74, 6) is -1.18. The van der Waals surface area contributed by atoms with Crippen molar-refractivity contribution in [3.8, 4) is 0 Å². The van der Waals surface area contributed by atoms with Gasteiger partial charge in [-0.2, -0.15) is 0 Å². The van der Waals surface area contributed by atoms with Crippen LogP contribution in [0.15, 0.2) is 23.4 Å². The van der Waals surface area contributed by atoms with E-state index >= 15 is 0 Å². The Morgan fingerprint density at radius 2 is 2.05 bits per heavy atom. The van der Waals surface area contributed by atoms with Crippen LogP contribution in [-0.2, 0) is 6.61 Å². The summed E-state index contributed by atoms with van der Waals surface area (Å²) in [6, 6.07) is 3.65. The standard InChI is InChI=1S/C14H15F2N3O2S/c15-10-4-1-8(5-11(10)16)12(21)7-22-14-18-17-13(6-20)19(14)9-2-3-9/h1,4-5,9,12,20-21H,2-3,6-7H2. The smallest absolute Gasteiger partial charge is 0.191 e. The summed E-state index contributed by atoms with van der Waals surface area (Å²) in [5, 5.41) is 27.9. The van der Waals surface area contributed by atoms with Gasteiger partial charge in [0.2, 0.25) is 0 Å².